The first-order valence-corrected chi connectivity index (χ1v) is 6.34. The van der Waals surface area contributed by atoms with Crippen molar-refractivity contribution in [1.82, 2.24) is 0 Å². The minimum Gasteiger partial charge on any atom is -0.456 e. The quantitative estimate of drug-likeness (QED) is 0.523. The van der Waals surface area contributed by atoms with Crippen LogP contribution < -0.4 is 0 Å². The van der Waals surface area contributed by atoms with Crippen LogP contribution in [0.4, 0.5) is 0 Å². The molecule has 20 heavy (non-hydrogen) atoms. The second kappa shape index (κ2) is 4.82. The average molecular weight is 263 g/mol. The molecule has 3 aromatic rings. The van der Waals surface area contributed by atoms with E-state index in [2.05, 4.69) is 6.58 Å². The molecule has 0 aliphatic rings. The van der Waals surface area contributed by atoms with Gasteiger partial charge in [0, 0.05) is 16.3 Å². The number of allylic oxidation sites excluding steroid dienone is 3. The van der Waals surface area contributed by atoms with Gasteiger partial charge in [0.25, 0.3) is 0 Å². The minimum absolute atomic E-state index is 0.00430. The average Bonchev–Trinajstić information content (AvgIpc) is 2.91. The molecule has 0 radical (unpaired) electrons. The fourth-order valence-corrected chi connectivity index (χ4v) is 2.40. The van der Waals surface area contributed by atoms with Gasteiger partial charge in [-0.05, 0) is 36.7 Å². The Balaban J connectivity index is 2.24. The summed E-state index contributed by atoms with van der Waals surface area (Å²) in [6.45, 7) is 5.44. The molecule has 0 saturated carbocycles. The van der Waals surface area contributed by atoms with Gasteiger partial charge >= 0.3 is 0 Å². The first kappa shape index (κ1) is 10.2. The van der Waals surface area contributed by atoms with Crippen LogP contribution in [0.15, 0.2) is 65.6 Å². The number of rotatable bonds is 3. The molecule has 0 atom stereocenters. The van der Waals surface area contributed by atoms with E-state index >= 15 is 0 Å². The molecule has 1 N–H and O–H groups in total. The molecule has 2 aromatic carbocycles. The van der Waals surface area contributed by atoms with E-state index in [9.17, 15) is 0 Å². The summed E-state index contributed by atoms with van der Waals surface area (Å²) < 4.78 is 21.3. The Labute approximate surface area is 120 Å². The standard InChI is InChI=1S/C18H15NO/c1-3-4-8-15(19)13-10-12(2)18-14-7-5-6-9-16(14)20-17(18)11-13/h3-11,19H,1H2,2H3/b8-4-,19-15?/i4D,8D. The van der Waals surface area contributed by atoms with Crippen molar-refractivity contribution in [2.24, 2.45) is 0 Å². The summed E-state index contributed by atoms with van der Waals surface area (Å²) in [4.78, 5) is 0. The van der Waals surface area contributed by atoms with Crippen molar-refractivity contribution in [2.45, 2.75) is 6.92 Å². The molecule has 0 fully saturated rings. The molecule has 0 unspecified atom stereocenters. The zero-order chi connectivity index (χ0) is 15.9. The van der Waals surface area contributed by atoms with Gasteiger partial charge in [0.15, 0.2) is 0 Å². The van der Waals surface area contributed by atoms with Gasteiger partial charge in [-0.25, -0.2) is 0 Å². The highest BCUT2D eigenvalue weighted by molar-refractivity contribution is 6.12. The molecule has 0 aliphatic heterocycles. The van der Waals surface area contributed by atoms with Crippen molar-refractivity contribution in [2.75, 3.05) is 0 Å². The molecule has 3 rings (SSSR count). The SMILES string of the molecule is [2H]/C(C=C)=C(\[2H])C(=N)c1cc(C)c2c(c1)oc1ccccc12. The van der Waals surface area contributed by atoms with Gasteiger partial charge in [-0.1, -0.05) is 36.9 Å². The van der Waals surface area contributed by atoms with E-state index in [0.29, 0.717) is 11.1 Å². The lowest BCUT2D eigenvalue weighted by Crippen LogP contribution is -1.94. The smallest absolute Gasteiger partial charge is 0.136 e. The zero-order valence-corrected chi connectivity index (χ0v) is 11.2. The van der Waals surface area contributed by atoms with Crippen LogP contribution in [0, 0.1) is 12.3 Å². The van der Waals surface area contributed by atoms with Crippen LogP contribution in [0.25, 0.3) is 21.9 Å². The van der Waals surface area contributed by atoms with Crippen molar-refractivity contribution in [3.8, 4) is 0 Å². The van der Waals surface area contributed by atoms with Gasteiger partial charge in [-0.15, -0.1) is 0 Å². The first-order chi connectivity index (χ1) is 10.5. The van der Waals surface area contributed by atoms with Crippen LogP contribution in [-0.2, 0) is 0 Å². The number of benzene rings is 2. The van der Waals surface area contributed by atoms with Crippen molar-refractivity contribution >= 4 is 27.7 Å². The number of furan rings is 1. The van der Waals surface area contributed by atoms with E-state index < -0.39 is 0 Å². The van der Waals surface area contributed by atoms with Gasteiger partial charge in [-0.2, -0.15) is 0 Å². The van der Waals surface area contributed by atoms with E-state index in [1.807, 2.05) is 37.3 Å². The van der Waals surface area contributed by atoms with Crippen LogP contribution in [-0.4, -0.2) is 5.71 Å². The normalized spacial score (nSPS) is 13.8. The van der Waals surface area contributed by atoms with Crippen molar-refractivity contribution in [3.05, 3.63) is 72.3 Å². The van der Waals surface area contributed by atoms with Crippen molar-refractivity contribution in [3.63, 3.8) is 0 Å². The monoisotopic (exact) mass is 263 g/mol. The third-order valence-electron chi connectivity index (χ3n) is 3.26. The highest BCUT2D eigenvalue weighted by Crippen LogP contribution is 2.32. The maximum Gasteiger partial charge on any atom is 0.136 e. The number of hydrogen-bond acceptors (Lipinski definition) is 2. The largest absolute Gasteiger partial charge is 0.456 e. The fraction of sp³-hybridized carbons (Fsp3) is 0.0556. The Morgan fingerprint density at radius 2 is 2.10 bits per heavy atom. The summed E-state index contributed by atoms with van der Waals surface area (Å²) in [7, 11) is 0. The molecule has 0 amide bonds. The molecule has 0 bridgehead atoms. The molecule has 0 aliphatic carbocycles. The molecule has 98 valence electrons. The second-order valence-corrected chi connectivity index (χ2v) is 4.61. The van der Waals surface area contributed by atoms with Crippen LogP contribution in [0.3, 0.4) is 0 Å². The van der Waals surface area contributed by atoms with Gasteiger partial charge in [0.1, 0.15) is 11.2 Å². The third-order valence-corrected chi connectivity index (χ3v) is 3.26. The van der Waals surface area contributed by atoms with Crippen LogP contribution in [0.5, 0.6) is 0 Å². The van der Waals surface area contributed by atoms with E-state index in [4.69, 9.17) is 12.6 Å². The van der Waals surface area contributed by atoms with E-state index in [1.165, 1.54) is 6.08 Å². The maximum absolute atomic E-state index is 8.12. The number of aryl methyl sites for hydroxylation is 1. The first-order valence-electron chi connectivity index (χ1n) is 7.34. The molecule has 2 nitrogen and oxygen atoms in total. The lowest BCUT2D eigenvalue weighted by atomic mass is 10.0. The van der Waals surface area contributed by atoms with Crippen LogP contribution in [0.1, 0.15) is 13.9 Å². The maximum atomic E-state index is 8.12. The van der Waals surface area contributed by atoms with Gasteiger partial charge in [-0.3, -0.25) is 0 Å². The molecule has 1 aromatic heterocycles. The summed E-state index contributed by atoms with van der Waals surface area (Å²) in [6.07, 6.45) is 1.27. The summed E-state index contributed by atoms with van der Waals surface area (Å²) >= 11 is 0. The molecule has 0 saturated heterocycles. The highest BCUT2D eigenvalue weighted by atomic mass is 16.3. The molecular weight excluding hydrogens is 246 g/mol. The lowest BCUT2D eigenvalue weighted by molar-refractivity contribution is 0.668. The minimum atomic E-state index is -0.148. The predicted molar refractivity (Wildman–Crippen MR) is 84.6 cm³/mol. The van der Waals surface area contributed by atoms with E-state index in [1.54, 1.807) is 6.07 Å². The van der Waals surface area contributed by atoms with E-state index in [0.717, 1.165) is 21.9 Å². The third kappa shape index (κ3) is 1.95. The van der Waals surface area contributed by atoms with Crippen LogP contribution >= 0.6 is 0 Å². The summed E-state index contributed by atoms with van der Waals surface area (Å²) in [5, 5.41) is 10.2. The lowest BCUT2D eigenvalue weighted by Gasteiger charge is -2.02. The Bertz CT molecular complexity index is 950. The van der Waals surface area contributed by atoms with Gasteiger partial charge in [0.05, 0.1) is 8.45 Å². The molecule has 2 heteroatoms. The molecular formula is C18H15NO. The summed E-state index contributed by atoms with van der Waals surface area (Å²) in [6, 6.07) is 11.2. The van der Waals surface area contributed by atoms with Crippen molar-refractivity contribution in [1.29, 1.82) is 5.41 Å². The van der Waals surface area contributed by atoms with Gasteiger partial charge in [0.2, 0.25) is 0 Å². The molecule has 0 spiro atoms. The number of para-hydroxylation sites is 1. The Hall–Kier alpha value is -2.61. The highest BCUT2D eigenvalue weighted by Gasteiger charge is 2.11. The summed E-state index contributed by atoms with van der Waals surface area (Å²) in [5.41, 5.74) is 3.05. The zero-order valence-electron chi connectivity index (χ0n) is 13.2. The van der Waals surface area contributed by atoms with Crippen molar-refractivity contribution < 1.29 is 7.16 Å². The predicted octanol–water partition coefficient (Wildman–Crippen LogP) is 5.00. The Kier molecular flexibility index (Phi) is 2.46. The molecule has 1 heterocycles. The second-order valence-electron chi connectivity index (χ2n) is 4.61. The number of hydrogen-bond donors (Lipinski definition) is 1. The topological polar surface area (TPSA) is 37.0 Å². The Morgan fingerprint density at radius 3 is 2.90 bits per heavy atom. The summed E-state index contributed by atoms with van der Waals surface area (Å²) in [5.74, 6) is 0. The van der Waals surface area contributed by atoms with E-state index in [-0.39, 0.29) is 17.8 Å². The Morgan fingerprint density at radius 1 is 1.30 bits per heavy atom. The number of fused-ring (bicyclic) bond motifs is 3. The fourth-order valence-electron chi connectivity index (χ4n) is 2.40. The van der Waals surface area contributed by atoms with Crippen LogP contribution in [0.2, 0.25) is 0 Å². The van der Waals surface area contributed by atoms with Gasteiger partial charge < -0.3 is 9.83 Å². The number of nitrogens with one attached hydrogen (secondary N) is 1.